The number of methoxy groups -OCH3 is 1. The van der Waals surface area contributed by atoms with E-state index in [1.165, 1.54) is 44.6 Å². The lowest BCUT2D eigenvalue weighted by Crippen LogP contribution is -2.28. The van der Waals surface area contributed by atoms with Crippen molar-refractivity contribution >= 4 is 22.7 Å². The van der Waals surface area contributed by atoms with Crippen molar-refractivity contribution in [2.45, 2.75) is 19.1 Å². The number of rotatable bonds is 6. The molecule has 0 saturated heterocycles. The van der Waals surface area contributed by atoms with Gasteiger partial charge >= 0.3 is 12.2 Å². The smallest absolute Gasteiger partial charge is 0.421 e. The van der Waals surface area contributed by atoms with Crippen LogP contribution >= 0.6 is 0 Å². The van der Waals surface area contributed by atoms with Gasteiger partial charge in [0.25, 0.3) is 5.56 Å². The van der Waals surface area contributed by atoms with Crippen molar-refractivity contribution in [3.63, 3.8) is 0 Å². The van der Waals surface area contributed by atoms with E-state index >= 15 is 0 Å². The van der Waals surface area contributed by atoms with E-state index in [2.05, 4.69) is 30.2 Å². The maximum absolute atomic E-state index is 14.3. The van der Waals surface area contributed by atoms with Crippen molar-refractivity contribution in [2.24, 2.45) is 0 Å². The minimum Gasteiger partial charge on any atom is -0.467 e. The zero-order chi connectivity index (χ0) is 28.6. The first-order chi connectivity index (χ1) is 19.1. The Balaban J connectivity index is 1.74. The number of nitrogens with two attached hydrogens (primary N) is 1. The first-order valence-corrected chi connectivity index (χ1v) is 11.7. The van der Waals surface area contributed by atoms with Gasteiger partial charge in [-0.1, -0.05) is 18.2 Å². The summed E-state index contributed by atoms with van der Waals surface area (Å²) in [6, 6.07) is 9.21. The molecule has 0 aliphatic carbocycles. The molecule has 0 radical (unpaired) electrons. The third kappa shape index (κ3) is 4.98. The lowest BCUT2D eigenvalue weighted by molar-refractivity contribution is -0.137. The van der Waals surface area contributed by atoms with Crippen LogP contribution in [0.4, 0.5) is 29.3 Å². The second-order valence-electron chi connectivity index (χ2n) is 8.60. The lowest BCUT2D eigenvalue weighted by atomic mass is 10.0. The van der Waals surface area contributed by atoms with Gasteiger partial charge in [-0.2, -0.15) is 18.2 Å². The Morgan fingerprint density at radius 2 is 1.75 bits per heavy atom. The Morgan fingerprint density at radius 1 is 1.02 bits per heavy atom. The number of benzene rings is 2. The number of ether oxygens (including phenoxy) is 1. The zero-order valence-electron chi connectivity index (χ0n) is 20.9. The van der Waals surface area contributed by atoms with Gasteiger partial charge in [0.05, 0.1) is 29.7 Å². The van der Waals surface area contributed by atoms with Gasteiger partial charge in [-0.05, 0) is 36.8 Å². The summed E-state index contributed by atoms with van der Waals surface area (Å²) >= 11 is 0. The van der Waals surface area contributed by atoms with Crippen LogP contribution in [-0.2, 0) is 6.18 Å². The molecular weight excluding hydrogens is 532 g/mol. The molecule has 10 nitrogen and oxygen atoms in total. The average molecular weight is 552 g/mol. The van der Waals surface area contributed by atoms with E-state index in [1.807, 2.05) is 0 Å². The molecule has 5 aromatic rings. The summed E-state index contributed by atoms with van der Waals surface area (Å²) in [6.07, 6.45) is -1.27. The highest BCUT2D eigenvalue weighted by Gasteiger charge is 2.36. The van der Waals surface area contributed by atoms with Gasteiger partial charge < -0.3 is 15.8 Å². The van der Waals surface area contributed by atoms with E-state index in [-0.39, 0.29) is 34.4 Å². The minimum atomic E-state index is -4.79. The van der Waals surface area contributed by atoms with Crippen LogP contribution in [0, 0.1) is 5.82 Å². The van der Waals surface area contributed by atoms with Gasteiger partial charge in [-0.3, -0.25) is 9.36 Å². The maximum atomic E-state index is 14.3. The normalized spacial score (nSPS) is 12.3. The fourth-order valence-electron chi connectivity index (χ4n) is 4.19. The Labute approximate surface area is 223 Å². The Hall–Kier alpha value is -5.14. The first kappa shape index (κ1) is 26.5. The molecule has 0 aliphatic rings. The third-order valence-corrected chi connectivity index (χ3v) is 5.96. The van der Waals surface area contributed by atoms with Crippen LogP contribution in [0.25, 0.3) is 27.7 Å². The molecule has 14 heteroatoms. The highest BCUT2D eigenvalue weighted by atomic mass is 19.4. The molecule has 0 bridgehead atoms. The number of nitrogens with zero attached hydrogens (tertiary/aromatic N) is 6. The largest absolute Gasteiger partial charge is 0.467 e. The lowest BCUT2D eigenvalue weighted by Gasteiger charge is -2.22. The molecule has 204 valence electrons. The highest BCUT2D eigenvalue weighted by molar-refractivity contribution is 5.94. The number of nitrogens with one attached hydrogen (secondary N) is 1. The summed E-state index contributed by atoms with van der Waals surface area (Å²) in [4.78, 5) is 34.1. The van der Waals surface area contributed by atoms with Gasteiger partial charge in [0.15, 0.2) is 0 Å². The molecule has 40 heavy (non-hydrogen) atoms. The molecule has 3 aromatic heterocycles. The molecule has 0 spiro atoms. The molecular formula is C26H20F4N8O2. The van der Waals surface area contributed by atoms with Crippen LogP contribution < -0.4 is 21.3 Å². The number of halogens is 4. The second kappa shape index (κ2) is 10.2. The van der Waals surface area contributed by atoms with Gasteiger partial charge in [0.2, 0.25) is 5.95 Å². The summed E-state index contributed by atoms with van der Waals surface area (Å²) in [7, 11) is 1.42. The Bertz CT molecular complexity index is 1770. The summed E-state index contributed by atoms with van der Waals surface area (Å²) < 4.78 is 61.4. The fourth-order valence-corrected chi connectivity index (χ4v) is 4.19. The topological polar surface area (TPSA) is 134 Å². The Kier molecular flexibility index (Phi) is 6.75. The van der Waals surface area contributed by atoms with E-state index in [0.717, 1.165) is 10.6 Å². The van der Waals surface area contributed by atoms with Crippen LogP contribution in [0.3, 0.4) is 0 Å². The summed E-state index contributed by atoms with van der Waals surface area (Å²) in [5, 5.41) is 2.81. The van der Waals surface area contributed by atoms with Gasteiger partial charge in [0, 0.05) is 24.2 Å². The number of nitrogen functional groups attached to an aromatic ring is 1. The minimum absolute atomic E-state index is 0.00320. The van der Waals surface area contributed by atoms with Crippen molar-refractivity contribution < 1.29 is 22.3 Å². The first-order valence-electron chi connectivity index (χ1n) is 11.7. The highest BCUT2D eigenvalue weighted by Crippen LogP contribution is 2.35. The quantitative estimate of drug-likeness (QED) is 0.291. The Morgan fingerprint density at radius 3 is 2.42 bits per heavy atom. The SMILES string of the molecule is COc1ncc(-c2cccc3nc([C@H](C)Nc4nc(N)ncc4C(F)(F)F)n(-c4cccc(F)c4)c(=O)c23)cn1. The number of fused-ring (bicyclic) bond motifs is 1. The predicted octanol–water partition coefficient (Wildman–Crippen LogP) is 4.55. The monoisotopic (exact) mass is 552 g/mol. The van der Waals surface area contributed by atoms with Gasteiger partial charge in [-0.15, -0.1) is 0 Å². The second-order valence-corrected chi connectivity index (χ2v) is 8.60. The predicted molar refractivity (Wildman–Crippen MR) is 138 cm³/mol. The molecule has 0 saturated carbocycles. The molecule has 3 heterocycles. The number of hydrogen-bond acceptors (Lipinski definition) is 9. The third-order valence-electron chi connectivity index (χ3n) is 5.96. The summed E-state index contributed by atoms with van der Waals surface area (Å²) in [5.41, 5.74) is 5.09. The molecule has 0 fully saturated rings. The van der Waals surface area contributed by atoms with Crippen molar-refractivity contribution in [3.8, 4) is 22.8 Å². The van der Waals surface area contributed by atoms with Crippen molar-refractivity contribution in [1.82, 2.24) is 29.5 Å². The van der Waals surface area contributed by atoms with Crippen LogP contribution in [0.5, 0.6) is 6.01 Å². The zero-order valence-corrected chi connectivity index (χ0v) is 20.9. The standard InChI is InChI=1S/C26H20F4N8O2/c1-13(35-21-18(26(28,29)30)12-32-24(31)37-21)22-36-19-8-4-7-17(14-10-33-25(40-2)34-11-14)20(19)23(39)38(22)16-6-3-5-15(27)9-16/h3-13H,1-2H3,(H3,31,32,35,37)/t13-/m0/s1. The number of anilines is 2. The van der Waals surface area contributed by atoms with E-state index in [1.54, 1.807) is 18.2 Å². The fraction of sp³-hybridized carbons (Fsp3) is 0.154. The molecule has 3 N–H and O–H groups in total. The van der Waals surface area contributed by atoms with Gasteiger partial charge in [-0.25, -0.2) is 24.3 Å². The van der Waals surface area contributed by atoms with E-state index in [4.69, 9.17) is 10.5 Å². The maximum Gasteiger partial charge on any atom is 0.421 e. The molecule has 0 amide bonds. The number of alkyl halides is 3. The number of aromatic nitrogens is 6. The summed E-state index contributed by atoms with van der Waals surface area (Å²) in [5.74, 6) is -1.62. The van der Waals surface area contributed by atoms with E-state index < -0.39 is 35.0 Å². The van der Waals surface area contributed by atoms with Crippen molar-refractivity contribution in [3.05, 3.63) is 88.6 Å². The molecule has 0 aliphatic heterocycles. The van der Waals surface area contributed by atoms with Crippen LogP contribution in [0.15, 0.2) is 65.8 Å². The van der Waals surface area contributed by atoms with Crippen molar-refractivity contribution in [2.75, 3.05) is 18.2 Å². The molecule has 5 rings (SSSR count). The van der Waals surface area contributed by atoms with Gasteiger partial charge in [0.1, 0.15) is 23.0 Å². The molecule has 0 unspecified atom stereocenters. The van der Waals surface area contributed by atoms with Crippen LogP contribution in [0.1, 0.15) is 24.4 Å². The molecule has 2 aromatic carbocycles. The van der Waals surface area contributed by atoms with E-state index in [9.17, 15) is 22.4 Å². The van der Waals surface area contributed by atoms with Crippen molar-refractivity contribution in [1.29, 1.82) is 0 Å². The number of hydrogen-bond donors (Lipinski definition) is 2. The summed E-state index contributed by atoms with van der Waals surface area (Å²) in [6.45, 7) is 1.49. The average Bonchev–Trinajstić information content (AvgIpc) is 2.92. The molecule has 1 atom stereocenters. The van der Waals surface area contributed by atoms with Crippen LogP contribution in [0.2, 0.25) is 0 Å². The van der Waals surface area contributed by atoms with Crippen LogP contribution in [-0.4, -0.2) is 36.6 Å². The van der Waals surface area contributed by atoms with E-state index in [0.29, 0.717) is 17.3 Å².